The number of hydrogen-bond donors (Lipinski definition) is 3. The Bertz CT molecular complexity index is 1120. The van der Waals surface area contributed by atoms with Gasteiger partial charge in [0.25, 0.3) is 11.8 Å². The quantitative estimate of drug-likeness (QED) is 0.392. The molecule has 0 unspecified atom stereocenters. The minimum absolute atomic E-state index is 0.0197. The molecular weight excluding hydrogens is 441 g/mol. The summed E-state index contributed by atoms with van der Waals surface area (Å²) >= 11 is 5.56. The van der Waals surface area contributed by atoms with E-state index in [1.54, 1.807) is 0 Å². The van der Waals surface area contributed by atoms with Crippen LogP contribution in [0.15, 0.2) is 54.9 Å². The van der Waals surface area contributed by atoms with E-state index < -0.39 is 28.6 Å². The lowest BCUT2D eigenvalue weighted by Crippen LogP contribution is -2.20. The van der Waals surface area contributed by atoms with Crippen molar-refractivity contribution in [1.82, 2.24) is 15.4 Å². The highest BCUT2D eigenvalue weighted by molar-refractivity contribution is 6.31. The van der Waals surface area contributed by atoms with Crippen LogP contribution in [0, 0.1) is 0 Å². The van der Waals surface area contributed by atoms with Gasteiger partial charge in [0, 0.05) is 17.3 Å². The molecule has 2 aromatic carbocycles. The number of nitrogens with zero attached hydrogens (tertiary/aromatic N) is 2. The highest BCUT2D eigenvalue weighted by atomic mass is 35.5. The van der Waals surface area contributed by atoms with Crippen LogP contribution in [0.4, 0.5) is 18.9 Å². The SMILES string of the molecule is O=C(Nc1ccc(Oc2cc(C(=O)NO)ncn2)cc1)c1ccc(Cl)c(C(F)(F)F)c1. The lowest BCUT2D eigenvalue weighted by atomic mass is 10.1. The summed E-state index contributed by atoms with van der Waals surface area (Å²) < 4.78 is 44.3. The molecular formula is C19H12ClF3N4O4. The van der Waals surface area contributed by atoms with E-state index in [-0.39, 0.29) is 22.9 Å². The van der Waals surface area contributed by atoms with Crippen molar-refractivity contribution in [1.29, 1.82) is 0 Å². The van der Waals surface area contributed by atoms with Crippen LogP contribution in [-0.4, -0.2) is 27.0 Å². The molecule has 1 aromatic heterocycles. The van der Waals surface area contributed by atoms with Crippen molar-refractivity contribution in [2.24, 2.45) is 0 Å². The number of carbonyl (C=O) groups excluding carboxylic acids is 2. The molecule has 2 amide bonds. The Morgan fingerprint density at radius 1 is 1.00 bits per heavy atom. The van der Waals surface area contributed by atoms with E-state index >= 15 is 0 Å². The van der Waals surface area contributed by atoms with Gasteiger partial charge in [0.1, 0.15) is 17.8 Å². The molecule has 0 aliphatic heterocycles. The minimum atomic E-state index is -4.69. The maximum atomic E-state index is 13.0. The maximum absolute atomic E-state index is 13.0. The lowest BCUT2D eigenvalue weighted by Gasteiger charge is -2.11. The van der Waals surface area contributed by atoms with Crippen LogP contribution in [0.2, 0.25) is 5.02 Å². The predicted molar refractivity (Wildman–Crippen MR) is 102 cm³/mol. The van der Waals surface area contributed by atoms with Gasteiger partial charge in [-0.3, -0.25) is 14.8 Å². The molecule has 3 aromatic rings. The number of hydroxylamine groups is 1. The molecule has 0 aliphatic rings. The van der Waals surface area contributed by atoms with Crippen LogP contribution in [0.3, 0.4) is 0 Å². The van der Waals surface area contributed by atoms with Gasteiger partial charge in [-0.2, -0.15) is 13.2 Å². The highest BCUT2D eigenvalue weighted by Crippen LogP contribution is 2.35. The van der Waals surface area contributed by atoms with Crippen molar-refractivity contribution in [3.8, 4) is 11.6 Å². The Labute approximate surface area is 177 Å². The zero-order valence-corrected chi connectivity index (χ0v) is 16.0. The molecule has 160 valence electrons. The number of anilines is 1. The Hall–Kier alpha value is -3.70. The third-order valence-corrected chi connectivity index (χ3v) is 4.17. The molecule has 12 heteroatoms. The fourth-order valence-electron chi connectivity index (χ4n) is 2.39. The summed E-state index contributed by atoms with van der Waals surface area (Å²) in [5.74, 6) is -1.29. The number of alkyl halides is 3. The monoisotopic (exact) mass is 452 g/mol. The van der Waals surface area contributed by atoms with Crippen LogP contribution >= 0.6 is 11.6 Å². The smallest absolute Gasteiger partial charge is 0.417 e. The summed E-state index contributed by atoms with van der Waals surface area (Å²) in [4.78, 5) is 31.1. The average molecular weight is 453 g/mol. The van der Waals surface area contributed by atoms with E-state index in [9.17, 15) is 22.8 Å². The van der Waals surface area contributed by atoms with Crippen molar-refractivity contribution in [2.75, 3.05) is 5.32 Å². The van der Waals surface area contributed by atoms with Crippen molar-refractivity contribution in [2.45, 2.75) is 6.18 Å². The highest BCUT2D eigenvalue weighted by Gasteiger charge is 2.33. The number of nitrogens with one attached hydrogen (secondary N) is 2. The number of amides is 2. The van der Waals surface area contributed by atoms with Crippen molar-refractivity contribution in [3.05, 3.63) is 76.7 Å². The summed E-state index contributed by atoms with van der Waals surface area (Å²) in [6, 6.07) is 9.89. The second-order valence-corrected chi connectivity index (χ2v) is 6.36. The van der Waals surface area contributed by atoms with E-state index in [0.29, 0.717) is 11.8 Å². The number of aromatic nitrogens is 2. The topological polar surface area (TPSA) is 113 Å². The number of rotatable bonds is 5. The Kier molecular flexibility index (Phi) is 6.37. The maximum Gasteiger partial charge on any atom is 0.417 e. The zero-order valence-electron chi connectivity index (χ0n) is 15.3. The lowest BCUT2D eigenvalue weighted by molar-refractivity contribution is -0.137. The third-order valence-electron chi connectivity index (χ3n) is 3.84. The first-order valence-corrected chi connectivity index (χ1v) is 8.77. The first-order chi connectivity index (χ1) is 14.7. The summed E-state index contributed by atoms with van der Waals surface area (Å²) in [5.41, 5.74) is 0.278. The van der Waals surface area contributed by atoms with Crippen LogP contribution in [0.5, 0.6) is 11.6 Å². The number of halogens is 4. The largest absolute Gasteiger partial charge is 0.439 e. The number of benzene rings is 2. The van der Waals surface area contributed by atoms with Crippen LogP contribution in [-0.2, 0) is 6.18 Å². The Morgan fingerprint density at radius 3 is 2.35 bits per heavy atom. The van der Waals surface area contributed by atoms with Gasteiger partial charge >= 0.3 is 6.18 Å². The van der Waals surface area contributed by atoms with Gasteiger partial charge in [-0.25, -0.2) is 15.4 Å². The molecule has 0 spiro atoms. The average Bonchev–Trinajstić information content (AvgIpc) is 2.74. The van der Waals surface area contributed by atoms with E-state index in [0.717, 1.165) is 12.4 Å². The van der Waals surface area contributed by atoms with Crippen molar-refractivity contribution in [3.63, 3.8) is 0 Å². The minimum Gasteiger partial charge on any atom is -0.439 e. The van der Waals surface area contributed by atoms with Gasteiger partial charge in [-0.1, -0.05) is 11.6 Å². The van der Waals surface area contributed by atoms with Crippen molar-refractivity contribution >= 4 is 29.1 Å². The van der Waals surface area contributed by atoms with Crippen molar-refractivity contribution < 1.29 is 32.7 Å². The normalized spacial score (nSPS) is 11.0. The van der Waals surface area contributed by atoms with E-state index in [1.807, 2.05) is 0 Å². The molecule has 0 fully saturated rings. The molecule has 1 heterocycles. The summed E-state index contributed by atoms with van der Waals surface area (Å²) in [7, 11) is 0. The molecule has 3 rings (SSSR count). The molecule has 31 heavy (non-hydrogen) atoms. The van der Waals surface area contributed by atoms with Gasteiger partial charge in [0.2, 0.25) is 5.88 Å². The van der Waals surface area contributed by atoms with Crippen LogP contribution in [0.1, 0.15) is 26.4 Å². The first-order valence-electron chi connectivity index (χ1n) is 8.40. The molecule has 0 saturated heterocycles. The van der Waals surface area contributed by atoms with Crippen LogP contribution in [0.25, 0.3) is 0 Å². The van der Waals surface area contributed by atoms with Gasteiger partial charge in [-0.15, -0.1) is 0 Å². The van der Waals surface area contributed by atoms with E-state index in [1.165, 1.54) is 41.9 Å². The zero-order chi connectivity index (χ0) is 22.6. The summed E-state index contributed by atoms with van der Waals surface area (Å²) in [6.07, 6.45) is -3.62. The number of carbonyl (C=O) groups is 2. The molecule has 8 nitrogen and oxygen atoms in total. The predicted octanol–water partition coefficient (Wildman–Crippen LogP) is 4.31. The molecule has 0 saturated carbocycles. The number of ether oxygens (including phenoxy) is 1. The van der Waals surface area contributed by atoms with Gasteiger partial charge in [0.05, 0.1) is 10.6 Å². The van der Waals surface area contributed by atoms with Gasteiger partial charge in [-0.05, 0) is 42.5 Å². The third kappa shape index (κ3) is 5.47. The molecule has 0 aliphatic carbocycles. The summed E-state index contributed by atoms with van der Waals surface area (Å²) in [5, 5.41) is 10.6. The van der Waals surface area contributed by atoms with E-state index in [4.69, 9.17) is 21.5 Å². The Balaban J connectivity index is 1.70. The van der Waals surface area contributed by atoms with E-state index in [2.05, 4.69) is 15.3 Å². The molecule has 0 radical (unpaired) electrons. The first kappa shape index (κ1) is 22.0. The fraction of sp³-hybridized carbons (Fsp3) is 0.0526. The molecule has 0 bridgehead atoms. The fourth-order valence-corrected chi connectivity index (χ4v) is 2.62. The molecule has 3 N–H and O–H groups in total. The van der Waals surface area contributed by atoms with Gasteiger partial charge in [0.15, 0.2) is 0 Å². The Morgan fingerprint density at radius 2 is 1.71 bits per heavy atom. The second kappa shape index (κ2) is 8.98. The summed E-state index contributed by atoms with van der Waals surface area (Å²) in [6.45, 7) is 0. The molecule has 0 atom stereocenters. The standard InChI is InChI=1S/C19H12ClF3N4O4/c20-14-6-1-10(7-13(14)19(21,22)23)17(28)26-11-2-4-12(5-3-11)31-16-8-15(18(29)27-30)24-9-25-16/h1-9,30H,(H,26,28)(H,27,29). The van der Waals surface area contributed by atoms with Crippen LogP contribution < -0.4 is 15.5 Å². The van der Waals surface area contributed by atoms with Gasteiger partial charge < -0.3 is 10.1 Å². The number of hydrogen-bond acceptors (Lipinski definition) is 6. The second-order valence-electron chi connectivity index (χ2n) is 5.96.